The van der Waals surface area contributed by atoms with Gasteiger partial charge in [-0.05, 0) is 59.3 Å². The summed E-state index contributed by atoms with van der Waals surface area (Å²) >= 11 is 3.31. The first kappa shape index (κ1) is 19.5. The van der Waals surface area contributed by atoms with Crippen molar-refractivity contribution in [2.45, 2.75) is 50.9 Å². The third kappa shape index (κ3) is 5.36. The number of nitrogens with one attached hydrogen (secondary N) is 2. The Labute approximate surface area is 165 Å². The van der Waals surface area contributed by atoms with Gasteiger partial charge in [0.1, 0.15) is 11.0 Å². The van der Waals surface area contributed by atoms with Crippen molar-refractivity contribution in [3.05, 3.63) is 51.1 Å². The first-order chi connectivity index (χ1) is 13.0. The molecule has 27 heavy (non-hydrogen) atoms. The first-order valence-electron chi connectivity index (χ1n) is 8.88. The van der Waals surface area contributed by atoms with Crippen molar-refractivity contribution >= 4 is 27.5 Å². The fourth-order valence-electron chi connectivity index (χ4n) is 3.01. The van der Waals surface area contributed by atoms with Crippen LogP contribution in [-0.4, -0.2) is 37.9 Å². The molecular weight excluding hydrogens is 414 g/mol. The van der Waals surface area contributed by atoms with E-state index in [9.17, 15) is 14.7 Å². The molecule has 1 saturated carbocycles. The third-order valence-corrected chi connectivity index (χ3v) is 5.34. The van der Waals surface area contributed by atoms with Crippen molar-refractivity contribution in [3.8, 4) is 0 Å². The molecule has 1 aliphatic rings. The maximum absolute atomic E-state index is 12.5. The van der Waals surface area contributed by atoms with Gasteiger partial charge in [-0.2, -0.15) is 5.10 Å². The highest BCUT2D eigenvalue weighted by molar-refractivity contribution is 9.10. The van der Waals surface area contributed by atoms with Crippen LogP contribution in [0.25, 0.3) is 0 Å². The lowest BCUT2D eigenvalue weighted by molar-refractivity contribution is -0.122. The zero-order valence-corrected chi connectivity index (χ0v) is 16.4. The van der Waals surface area contributed by atoms with E-state index in [0.717, 1.165) is 35.9 Å². The van der Waals surface area contributed by atoms with Crippen LogP contribution < -0.4 is 16.2 Å². The van der Waals surface area contributed by atoms with Crippen LogP contribution in [0.5, 0.6) is 0 Å². The zero-order chi connectivity index (χ0) is 19.2. The predicted molar refractivity (Wildman–Crippen MR) is 104 cm³/mol. The van der Waals surface area contributed by atoms with Crippen molar-refractivity contribution in [2.75, 3.05) is 5.32 Å². The van der Waals surface area contributed by atoms with Crippen molar-refractivity contribution in [2.24, 2.45) is 0 Å². The van der Waals surface area contributed by atoms with Crippen molar-refractivity contribution in [1.29, 1.82) is 0 Å². The maximum atomic E-state index is 12.5. The first-order valence-corrected chi connectivity index (χ1v) is 9.68. The molecule has 0 spiro atoms. The van der Waals surface area contributed by atoms with E-state index in [2.05, 4.69) is 36.6 Å². The molecule has 144 valence electrons. The van der Waals surface area contributed by atoms with E-state index in [0.29, 0.717) is 16.7 Å². The number of aliphatic hydroxyl groups is 1. The summed E-state index contributed by atoms with van der Waals surface area (Å²) in [5.74, 6) is -0.296. The van der Waals surface area contributed by atoms with E-state index in [1.54, 1.807) is 18.6 Å². The number of nitrogens with zero attached hydrogens (tertiary/aromatic N) is 3. The molecule has 1 fully saturated rings. The second-order valence-electron chi connectivity index (χ2n) is 6.62. The topological polar surface area (TPSA) is 109 Å². The summed E-state index contributed by atoms with van der Waals surface area (Å²) in [6.07, 6.45) is 7.81. The Balaban J connectivity index is 1.59. The summed E-state index contributed by atoms with van der Waals surface area (Å²) in [5, 5.41) is 19.7. The summed E-state index contributed by atoms with van der Waals surface area (Å²) in [6, 6.07) is 3.82. The molecular formula is C18H22BrN5O3. The molecule has 2 aromatic rings. The van der Waals surface area contributed by atoms with Gasteiger partial charge in [0.05, 0.1) is 18.0 Å². The Kier molecular flexibility index (Phi) is 6.57. The molecule has 2 aromatic heterocycles. The monoisotopic (exact) mass is 435 g/mol. The molecule has 1 aliphatic carbocycles. The van der Waals surface area contributed by atoms with Gasteiger partial charge in [0.25, 0.3) is 5.56 Å². The zero-order valence-electron chi connectivity index (χ0n) is 14.8. The molecule has 3 rings (SSSR count). The molecule has 0 unspecified atom stereocenters. The van der Waals surface area contributed by atoms with Gasteiger partial charge in [-0.25, -0.2) is 4.68 Å². The Morgan fingerprint density at radius 3 is 2.67 bits per heavy atom. The highest BCUT2D eigenvalue weighted by Crippen LogP contribution is 2.24. The summed E-state index contributed by atoms with van der Waals surface area (Å²) in [6.45, 7) is 0.211. The average molecular weight is 436 g/mol. The average Bonchev–Trinajstić information content (AvgIpc) is 2.68. The van der Waals surface area contributed by atoms with E-state index in [4.69, 9.17) is 0 Å². The second kappa shape index (κ2) is 9.09. The fraction of sp³-hybridized carbons (Fsp3) is 0.444. The van der Waals surface area contributed by atoms with Gasteiger partial charge < -0.3 is 15.7 Å². The number of hydrogen-bond donors (Lipinski definition) is 3. The predicted octanol–water partition coefficient (Wildman–Crippen LogP) is 1.43. The van der Waals surface area contributed by atoms with Crippen molar-refractivity contribution in [3.63, 3.8) is 0 Å². The summed E-state index contributed by atoms with van der Waals surface area (Å²) in [5.41, 5.74) is 1.17. The Morgan fingerprint density at radius 2 is 1.96 bits per heavy atom. The smallest absolute Gasteiger partial charge is 0.283 e. The molecule has 0 aliphatic heterocycles. The van der Waals surface area contributed by atoms with E-state index in [-0.39, 0.29) is 30.2 Å². The minimum absolute atomic E-state index is 0.154. The molecule has 0 atom stereocenters. The van der Waals surface area contributed by atoms with Crippen LogP contribution in [0.3, 0.4) is 0 Å². The number of pyridine rings is 1. The Hall–Kier alpha value is -2.26. The number of amides is 1. The number of hydrogen-bond acceptors (Lipinski definition) is 6. The number of anilines is 1. The largest absolute Gasteiger partial charge is 0.393 e. The van der Waals surface area contributed by atoms with Crippen LogP contribution in [0.1, 0.15) is 31.2 Å². The van der Waals surface area contributed by atoms with Gasteiger partial charge >= 0.3 is 0 Å². The lowest BCUT2D eigenvalue weighted by Gasteiger charge is -2.27. The van der Waals surface area contributed by atoms with Gasteiger partial charge in [-0.15, -0.1) is 0 Å². The molecule has 3 N–H and O–H groups in total. The second-order valence-corrected chi connectivity index (χ2v) is 7.41. The van der Waals surface area contributed by atoms with E-state index >= 15 is 0 Å². The van der Waals surface area contributed by atoms with Crippen molar-refractivity contribution in [1.82, 2.24) is 20.1 Å². The summed E-state index contributed by atoms with van der Waals surface area (Å²) in [4.78, 5) is 28.5. The number of aromatic nitrogens is 3. The minimum atomic E-state index is -0.366. The number of carbonyl (C=O) groups excluding carboxylic acids is 1. The lowest BCUT2D eigenvalue weighted by atomic mass is 9.93. The number of aliphatic hydroxyl groups excluding tert-OH is 1. The highest BCUT2D eigenvalue weighted by Gasteiger charge is 2.21. The number of rotatable bonds is 6. The Morgan fingerprint density at radius 1 is 1.26 bits per heavy atom. The lowest BCUT2D eigenvalue weighted by Crippen LogP contribution is -2.34. The SMILES string of the molecule is O=C(Cn1ncc(NC2CCC(O)CC2)c(Br)c1=O)NCc1ccncc1. The summed E-state index contributed by atoms with van der Waals surface area (Å²) < 4.78 is 1.48. The van der Waals surface area contributed by atoms with Gasteiger partial charge in [-0.3, -0.25) is 14.6 Å². The normalized spacial score (nSPS) is 19.5. The van der Waals surface area contributed by atoms with Crippen molar-refractivity contribution < 1.29 is 9.90 Å². The van der Waals surface area contributed by atoms with Crippen LogP contribution in [0.2, 0.25) is 0 Å². The van der Waals surface area contributed by atoms with Crippen LogP contribution in [-0.2, 0) is 17.9 Å². The van der Waals surface area contributed by atoms with E-state index in [1.807, 2.05) is 12.1 Å². The van der Waals surface area contributed by atoms with E-state index in [1.165, 1.54) is 0 Å². The molecule has 1 amide bonds. The van der Waals surface area contributed by atoms with Crippen LogP contribution in [0.15, 0.2) is 40.0 Å². The highest BCUT2D eigenvalue weighted by atomic mass is 79.9. The van der Waals surface area contributed by atoms with Gasteiger partial charge in [-0.1, -0.05) is 0 Å². The standard InChI is InChI=1S/C18H22BrN5O3/c19-17-15(23-13-1-3-14(25)4-2-13)10-22-24(18(17)27)11-16(26)21-9-12-5-7-20-8-6-12/h5-8,10,13-14,23,25H,1-4,9,11H2,(H,21,26). The summed E-state index contributed by atoms with van der Waals surface area (Å²) in [7, 11) is 0. The van der Waals surface area contributed by atoms with Gasteiger partial charge in [0.2, 0.25) is 5.91 Å². The number of carbonyl (C=O) groups is 1. The van der Waals surface area contributed by atoms with Crippen LogP contribution in [0.4, 0.5) is 5.69 Å². The fourth-order valence-corrected chi connectivity index (χ4v) is 3.43. The Bertz CT molecular complexity index is 835. The molecule has 8 nitrogen and oxygen atoms in total. The molecule has 0 bridgehead atoms. The number of halogens is 1. The van der Waals surface area contributed by atoms with E-state index < -0.39 is 0 Å². The minimum Gasteiger partial charge on any atom is -0.393 e. The molecule has 0 aromatic carbocycles. The van der Waals surface area contributed by atoms with Crippen LogP contribution in [0, 0.1) is 0 Å². The molecule has 2 heterocycles. The van der Waals surface area contributed by atoms with Gasteiger partial charge in [0.15, 0.2) is 0 Å². The van der Waals surface area contributed by atoms with Gasteiger partial charge in [0, 0.05) is 25.0 Å². The third-order valence-electron chi connectivity index (χ3n) is 4.57. The molecule has 0 saturated heterocycles. The molecule has 9 heteroatoms. The van der Waals surface area contributed by atoms with Crippen LogP contribution >= 0.6 is 15.9 Å². The molecule has 0 radical (unpaired) electrons. The quantitative estimate of drug-likeness (QED) is 0.632. The maximum Gasteiger partial charge on any atom is 0.283 e.